The molecule has 8 nitrogen and oxygen atoms in total. The van der Waals surface area contributed by atoms with Gasteiger partial charge < -0.3 is 16.0 Å². The van der Waals surface area contributed by atoms with E-state index >= 15 is 0 Å². The number of sulfonamides is 1. The molecule has 0 spiro atoms. The van der Waals surface area contributed by atoms with Crippen LogP contribution in [0.1, 0.15) is 27.0 Å². The van der Waals surface area contributed by atoms with Gasteiger partial charge in [0.2, 0.25) is 10.0 Å². The average molecular weight is 511 g/mol. The zero-order valence-corrected chi connectivity index (χ0v) is 20.5. The quantitative estimate of drug-likeness (QED) is 0.507. The first-order chi connectivity index (χ1) is 17.2. The van der Waals surface area contributed by atoms with Crippen LogP contribution in [0.3, 0.4) is 0 Å². The van der Waals surface area contributed by atoms with Crippen molar-refractivity contribution in [2.24, 2.45) is 5.73 Å². The highest BCUT2D eigenvalue weighted by molar-refractivity contribution is 7.89. The summed E-state index contributed by atoms with van der Waals surface area (Å²) in [6.07, 6.45) is -1.41. The Kier molecular flexibility index (Phi) is 7.48. The van der Waals surface area contributed by atoms with Crippen molar-refractivity contribution in [1.29, 1.82) is 0 Å². The van der Waals surface area contributed by atoms with Gasteiger partial charge in [-0.15, -0.1) is 0 Å². The van der Waals surface area contributed by atoms with Crippen molar-refractivity contribution in [3.05, 3.63) is 101 Å². The largest absolute Gasteiger partial charge is 0.349 e. The number of hydrogen-bond donors (Lipinski definition) is 2. The molecule has 3 aromatic rings. The number of halogens is 1. The lowest BCUT2D eigenvalue weighted by Gasteiger charge is -2.29. The molecule has 10 heteroatoms. The number of carbonyl (C=O) groups excluding carboxylic acids is 2. The highest BCUT2D eigenvalue weighted by Crippen LogP contribution is 2.26. The summed E-state index contributed by atoms with van der Waals surface area (Å²) in [5, 5.41) is 2.76. The SMILES string of the molecule is Cc1ccc(C(=O)N2CCN(S(=O)(=O)c3ccc(F)cc3)C2C(=O)NCc2cccc(CN)c2)cc1. The predicted octanol–water partition coefficient (Wildman–Crippen LogP) is 2.38. The standard InChI is InChI=1S/C26H27FN4O4S/c1-18-5-7-21(8-6-18)26(33)30-13-14-31(36(34,35)23-11-9-22(27)10-12-23)25(30)24(32)29-17-20-4-2-3-19(15-20)16-28/h2-12,15,25H,13-14,16-17,28H2,1H3,(H,29,32). The van der Waals surface area contributed by atoms with Crippen LogP contribution in [0.25, 0.3) is 0 Å². The lowest BCUT2D eigenvalue weighted by molar-refractivity contribution is -0.127. The van der Waals surface area contributed by atoms with Gasteiger partial charge in [-0.05, 0) is 54.4 Å². The number of nitrogens with two attached hydrogens (primary N) is 1. The summed E-state index contributed by atoms with van der Waals surface area (Å²) < 4.78 is 41.3. The van der Waals surface area contributed by atoms with Crippen LogP contribution in [-0.4, -0.2) is 48.7 Å². The van der Waals surface area contributed by atoms with E-state index in [1.807, 2.05) is 31.2 Å². The van der Waals surface area contributed by atoms with Crippen molar-refractivity contribution < 1.29 is 22.4 Å². The van der Waals surface area contributed by atoms with Crippen LogP contribution in [0, 0.1) is 12.7 Å². The summed E-state index contributed by atoms with van der Waals surface area (Å²) in [7, 11) is -4.20. The van der Waals surface area contributed by atoms with Crippen LogP contribution < -0.4 is 11.1 Å². The minimum absolute atomic E-state index is 0.0217. The van der Waals surface area contributed by atoms with Gasteiger partial charge in [-0.25, -0.2) is 12.8 Å². The molecule has 1 heterocycles. The topological polar surface area (TPSA) is 113 Å². The normalized spacial score (nSPS) is 16.2. The number of hydrogen-bond acceptors (Lipinski definition) is 5. The van der Waals surface area contributed by atoms with Crippen LogP contribution in [0.2, 0.25) is 0 Å². The Morgan fingerprint density at radius 2 is 1.67 bits per heavy atom. The molecular formula is C26H27FN4O4S. The second-order valence-electron chi connectivity index (χ2n) is 8.55. The molecule has 0 radical (unpaired) electrons. The minimum Gasteiger partial charge on any atom is -0.349 e. The van der Waals surface area contributed by atoms with E-state index in [1.54, 1.807) is 24.3 Å². The molecule has 36 heavy (non-hydrogen) atoms. The van der Waals surface area contributed by atoms with Crippen molar-refractivity contribution in [3.8, 4) is 0 Å². The van der Waals surface area contributed by atoms with Crippen molar-refractivity contribution in [3.63, 3.8) is 0 Å². The van der Waals surface area contributed by atoms with Gasteiger partial charge in [0.25, 0.3) is 11.8 Å². The van der Waals surface area contributed by atoms with Gasteiger partial charge in [-0.3, -0.25) is 9.59 Å². The number of amides is 2. The fourth-order valence-corrected chi connectivity index (χ4v) is 5.64. The third-order valence-corrected chi connectivity index (χ3v) is 7.90. The fourth-order valence-electron chi connectivity index (χ4n) is 4.09. The van der Waals surface area contributed by atoms with E-state index in [0.717, 1.165) is 45.3 Å². The fraction of sp³-hybridized carbons (Fsp3) is 0.231. The second-order valence-corrected chi connectivity index (χ2v) is 10.4. The summed E-state index contributed by atoms with van der Waals surface area (Å²) in [5.74, 6) is -1.69. The lowest BCUT2D eigenvalue weighted by atomic mass is 10.1. The zero-order valence-electron chi connectivity index (χ0n) is 19.7. The molecule has 0 aliphatic carbocycles. The second kappa shape index (κ2) is 10.6. The smallest absolute Gasteiger partial charge is 0.259 e. The number of aryl methyl sites for hydroxylation is 1. The minimum atomic E-state index is -4.20. The molecule has 0 bridgehead atoms. The molecule has 1 atom stereocenters. The molecule has 1 aliphatic rings. The zero-order chi connectivity index (χ0) is 25.9. The Bertz CT molecular complexity index is 1360. The van der Waals surface area contributed by atoms with Crippen molar-refractivity contribution >= 4 is 21.8 Å². The van der Waals surface area contributed by atoms with Crippen molar-refractivity contribution in [1.82, 2.24) is 14.5 Å². The molecule has 188 valence electrons. The number of nitrogens with one attached hydrogen (secondary N) is 1. The third kappa shape index (κ3) is 5.30. The van der Waals surface area contributed by atoms with Gasteiger partial charge in [0.1, 0.15) is 5.82 Å². The average Bonchev–Trinajstić information content (AvgIpc) is 3.34. The summed E-state index contributed by atoms with van der Waals surface area (Å²) in [6.45, 7) is 2.29. The Hall–Kier alpha value is -3.60. The van der Waals surface area contributed by atoms with Gasteiger partial charge >= 0.3 is 0 Å². The molecule has 2 amide bonds. The van der Waals surface area contributed by atoms with Gasteiger partial charge in [-0.2, -0.15) is 4.31 Å². The molecule has 1 fully saturated rings. The summed E-state index contributed by atoms with van der Waals surface area (Å²) in [6, 6.07) is 18.5. The molecule has 3 aromatic carbocycles. The van der Waals surface area contributed by atoms with E-state index in [1.165, 1.54) is 4.90 Å². The molecule has 0 saturated carbocycles. The van der Waals surface area contributed by atoms with Gasteiger partial charge in [0, 0.05) is 31.7 Å². The monoisotopic (exact) mass is 510 g/mol. The van der Waals surface area contributed by atoms with E-state index in [4.69, 9.17) is 5.73 Å². The van der Waals surface area contributed by atoms with Crippen LogP contribution in [0.15, 0.2) is 77.7 Å². The van der Waals surface area contributed by atoms with E-state index in [9.17, 15) is 22.4 Å². The highest BCUT2D eigenvalue weighted by Gasteiger charge is 2.46. The Labute approximate surface area is 209 Å². The first kappa shape index (κ1) is 25.5. The number of rotatable bonds is 7. The molecule has 1 aliphatic heterocycles. The highest BCUT2D eigenvalue weighted by atomic mass is 32.2. The first-order valence-electron chi connectivity index (χ1n) is 11.4. The predicted molar refractivity (Wildman–Crippen MR) is 132 cm³/mol. The Balaban J connectivity index is 1.65. The van der Waals surface area contributed by atoms with Crippen molar-refractivity contribution in [2.45, 2.75) is 31.1 Å². The molecule has 0 aromatic heterocycles. The van der Waals surface area contributed by atoms with Crippen molar-refractivity contribution in [2.75, 3.05) is 13.1 Å². The Morgan fingerprint density at radius 3 is 2.33 bits per heavy atom. The van der Waals surface area contributed by atoms with E-state index in [2.05, 4.69) is 5.32 Å². The van der Waals surface area contributed by atoms with Crippen LogP contribution in [-0.2, 0) is 27.9 Å². The number of nitrogens with zero attached hydrogens (tertiary/aromatic N) is 2. The third-order valence-electron chi connectivity index (χ3n) is 6.04. The molecule has 4 rings (SSSR count). The van der Waals surface area contributed by atoms with Crippen LogP contribution in [0.4, 0.5) is 4.39 Å². The maximum absolute atomic E-state index is 13.4. The maximum Gasteiger partial charge on any atom is 0.259 e. The van der Waals surface area contributed by atoms with E-state index in [-0.39, 0.29) is 24.5 Å². The summed E-state index contributed by atoms with van der Waals surface area (Å²) in [4.78, 5) is 27.8. The molecule has 3 N–H and O–H groups in total. The van der Waals surface area contributed by atoms with Gasteiger partial charge in [0.05, 0.1) is 4.90 Å². The van der Waals surface area contributed by atoms with Crippen LogP contribution in [0.5, 0.6) is 0 Å². The van der Waals surface area contributed by atoms with Gasteiger partial charge in [0.15, 0.2) is 6.17 Å². The molecule has 1 saturated heterocycles. The lowest BCUT2D eigenvalue weighted by Crippen LogP contribution is -2.53. The summed E-state index contributed by atoms with van der Waals surface area (Å²) >= 11 is 0. The number of carbonyl (C=O) groups is 2. The van der Waals surface area contributed by atoms with E-state index < -0.39 is 33.8 Å². The summed E-state index contributed by atoms with van der Waals surface area (Å²) in [5.41, 5.74) is 8.67. The number of benzene rings is 3. The molecule has 1 unspecified atom stereocenters. The van der Waals surface area contributed by atoms with E-state index in [0.29, 0.717) is 12.1 Å². The molecular weight excluding hydrogens is 483 g/mol. The first-order valence-corrected chi connectivity index (χ1v) is 12.9. The van der Waals surface area contributed by atoms with Crippen LogP contribution >= 0.6 is 0 Å². The van der Waals surface area contributed by atoms with Gasteiger partial charge in [-0.1, -0.05) is 42.0 Å². The maximum atomic E-state index is 13.4. The Morgan fingerprint density at radius 1 is 1.00 bits per heavy atom.